The number of azide groups is 1. The standard InChI is InChI=1S/C14H29N3O4Si/c1-8(2)14(4,5)22(6,7)21-13-10(16-17-15)12(19)11(18)9(3)20-13/h8-13,18-19H,1-7H3/t9-,10?,11?,12?,13+/m0/s1. The maximum Gasteiger partial charge on any atom is 0.196 e. The van der Waals surface area contributed by atoms with E-state index in [1.54, 1.807) is 6.92 Å². The molecule has 5 atom stereocenters. The Morgan fingerprint density at radius 2 is 1.82 bits per heavy atom. The van der Waals surface area contributed by atoms with Gasteiger partial charge in [0.1, 0.15) is 12.1 Å². The van der Waals surface area contributed by atoms with Crippen molar-refractivity contribution >= 4 is 8.32 Å². The Bertz CT molecular complexity index is 438. The molecule has 128 valence electrons. The van der Waals surface area contributed by atoms with Crippen molar-refractivity contribution in [3.8, 4) is 0 Å². The van der Waals surface area contributed by atoms with Crippen LogP contribution >= 0.6 is 0 Å². The van der Waals surface area contributed by atoms with Crippen molar-refractivity contribution in [2.45, 2.75) is 83.4 Å². The van der Waals surface area contributed by atoms with E-state index in [-0.39, 0.29) is 5.04 Å². The summed E-state index contributed by atoms with van der Waals surface area (Å²) in [6.07, 6.45) is -3.73. The molecule has 1 saturated heterocycles. The molecule has 0 aromatic heterocycles. The average Bonchev–Trinajstić information content (AvgIpc) is 2.40. The number of hydrogen-bond donors (Lipinski definition) is 2. The fraction of sp³-hybridized carbons (Fsp3) is 1.00. The number of aliphatic hydroxyl groups excluding tert-OH is 2. The summed E-state index contributed by atoms with van der Waals surface area (Å²) in [6, 6.07) is -0.953. The Labute approximate surface area is 133 Å². The van der Waals surface area contributed by atoms with Crippen molar-refractivity contribution in [3.63, 3.8) is 0 Å². The Hall–Kier alpha value is -0.633. The first kappa shape index (κ1) is 19.4. The van der Waals surface area contributed by atoms with Gasteiger partial charge in [0.25, 0.3) is 0 Å². The fourth-order valence-corrected chi connectivity index (χ4v) is 4.90. The minimum absolute atomic E-state index is 0.0402. The van der Waals surface area contributed by atoms with Gasteiger partial charge in [0.2, 0.25) is 0 Å². The Morgan fingerprint density at radius 3 is 2.27 bits per heavy atom. The molecule has 1 fully saturated rings. The van der Waals surface area contributed by atoms with Crippen LogP contribution in [0.4, 0.5) is 0 Å². The molecule has 1 aliphatic rings. The summed E-state index contributed by atoms with van der Waals surface area (Å²) in [5, 5.41) is 23.6. The zero-order valence-corrected chi connectivity index (χ0v) is 15.5. The molecule has 22 heavy (non-hydrogen) atoms. The Balaban J connectivity index is 3.04. The van der Waals surface area contributed by atoms with E-state index >= 15 is 0 Å². The molecule has 0 bridgehead atoms. The molecule has 0 aromatic carbocycles. The van der Waals surface area contributed by atoms with Crippen molar-refractivity contribution in [1.29, 1.82) is 0 Å². The highest BCUT2D eigenvalue weighted by atomic mass is 28.4. The van der Waals surface area contributed by atoms with Gasteiger partial charge in [-0.2, -0.15) is 0 Å². The summed E-state index contributed by atoms with van der Waals surface area (Å²) in [6.45, 7) is 14.4. The van der Waals surface area contributed by atoms with Gasteiger partial charge in [-0.25, -0.2) is 0 Å². The van der Waals surface area contributed by atoms with Crippen molar-refractivity contribution in [2.75, 3.05) is 0 Å². The SMILES string of the molecule is CC(C)C(C)(C)[Si](C)(C)O[C@H]1O[C@@H](C)C(O)C(O)C1N=[N+]=[N-]. The molecule has 1 aliphatic heterocycles. The lowest BCUT2D eigenvalue weighted by Crippen LogP contribution is -2.60. The zero-order chi connectivity index (χ0) is 17.3. The van der Waals surface area contributed by atoms with Gasteiger partial charge in [-0.15, -0.1) is 0 Å². The molecule has 7 nitrogen and oxygen atoms in total. The number of rotatable bonds is 5. The molecule has 8 heteroatoms. The van der Waals surface area contributed by atoms with Gasteiger partial charge >= 0.3 is 0 Å². The third-order valence-corrected chi connectivity index (χ3v) is 9.90. The lowest BCUT2D eigenvalue weighted by molar-refractivity contribution is -0.230. The summed E-state index contributed by atoms with van der Waals surface area (Å²) in [5.41, 5.74) is 8.72. The Kier molecular flexibility index (Phi) is 6.05. The largest absolute Gasteiger partial charge is 0.392 e. The highest BCUT2D eigenvalue weighted by molar-refractivity contribution is 6.74. The molecule has 0 radical (unpaired) electrons. The molecule has 0 spiro atoms. The topological polar surface area (TPSA) is 108 Å². The van der Waals surface area contributed by atoms with Gasteiger partial charge in [-0.05, 0) is 36.5 Å². The van der Waals surface area contributed by atoms with Crippen molar-refractivity contribution in [3.05, 3.63) is 10.4 Å². The zero-order valence-electron chi connectivity index (χ0n) is 14.5. The predicted molar refractivity (Wildman–Crippen MR) is 86.7 cm³/mol. The summed E-state index contributed by atoms with van der Waals surface area (Å²) >= 11 is 0. The lowest BCUT2D eigenvalue weighted by atomic mass is 9.98. The molecule has 0 saturated carbocycles. The van der Waals surface area contributed by atoms with Crippen LogP contribution in [-0.2, 0) is 9.16 Å². The van der Waals surface area contributed by atoms with Crippen LogP contribution in [0.2, 0.25) is 18.1 Å². The van der Waals surface area contributed by atoms with E-state index in [9.17, 15) is 10.2 Å². The second kappa shape index (κ2) is 6.86. The normalized spacial score (nSPS) is 33.6. The van der Waals surface area contributed by atoms with E-state index < -0.39 is 39.0 Å². The monoisotopic (exact) mass is 331 g/mol. The molecular formula is C14H29N3O4Si. The molecule has 1 rings (SSSR count). The molecule has 0 aliphatic carbocycles. The second-order valence-electron chi connectivity index (χ2n) is 7.39. The number of hydrogen-bond acceptors (Lipinski definition) is 5. The minimum atomic E-state index is -2.23. The summed E-state index contributed by atoms with van der Waals surface area (Å²) in [7, 11) is -2.23. The maximum atomic E-state index is 10.2. The van der Waals surface area contributed by atoms with Crippen LogP contribution in [0.15, 0.2) is 5.11 Å². The minimum Gasteiger partial charge on any atom is -0.392 e. The van der Waals surface area contributed by atoms with Crippen molar-refractivity contribution in [1.82, 2.24) is 0 Å². The van der Waals surface area contributed by atoms with Crippen LogP contribution in [-0.4, -0.2) is 49.2 Å². The Morgan fingerprint density at radius 1 is 1.27 bits per heavy atom. The van der Waals surface area contributed by atoms with E-state index in [1.165, 1.54) is 0 Å². The predicted octanol–water partition coefficient (Wildman–Crippen LogP) is 2.79. The molecule has 3 unspecified atom stereocenters. The van der Waals surface area contributed by atoms with Gasteiger partial charge in [0.05, 0.1) is 12.2 Å². The van der Waals surface area contributed by atoms with Crippen molar-refractivity contribution in [2.24, 2.45) is 11.0 Å². The van der Waals surface area contributed by atoms with E-state index in [0.29, 0.717) is 5.92 Å². The molecule has 0 aromatic rings. The average molecular weight is 331 g/mol. The summed E-state index contributed by atoms with van der Waals surface area (Å²) in [5.74, 6) is 0.406. The van der Waals surface area contributed by atoms with Crippen LogP contribution < -0.4 is 0 Å². The maximum absolute atomic E-state index is 10.2. The van der Waals surface area contributed by atoms with Crippen LogP contribution in [0.5, 0.6) is 0 Å². The van der Waals surface area contributed by atoms with E-state index in [1.807, 2.05) is 0 Å². The highest BCUT2D eigenvalue weighted by Crippen LogP contribution is 2.46. The quantitative estimate of drug-likeness (QED) is 0.349. The van der Waals surface area contributed by atoms with Crippen molar-refractivity contribution < 1.29 is 19.4 Å². The van der Waals surface area contributed by atoms with Gasteiger partial charge in [-0.1, -0.05) is 32.8 Å². The molecule has 2 N–H and O–H groups in total. The first-order valence-corrected chi connectivity index (χ1v) is 10.6. The molecule has 0 amide bonds. The van der Waals surface area contributed by atoms with Gasteiger partial charge in [0, 0.05) is 4.91 Å². The van der Waals surface area contributed by atoms with E-state index in [2.05, 4.69) is 50.8 Å². The fourth-order valence-electron chi connectivity index (χ4n) is 2.43. The number of aliphatic hydroxyl groups is 2. The first-order chi connectivity index (χ1) is 9.95. The smallest absolute Gasteiger partial charge is 0.196 e. The molecular weight excluding hydrogens is 302 g/mol. The van der Waals surface area contributed by atoms with Crippen LogP contribution in [0.25, 0.3) is 10.4 Å². The van der Waals surface area contributed by atoms with Crippen LogP contribution in [0.1, 0.15) is 34.6 Å². The van der Waals surface area contributed by atoms with E-state index in [0.717, 1.165) is 0 Å². The van der Waals surface area contributed by atoms with Crippen LogP contribution in [0.3, 0.4) is 0 Å². The van der Waals surface area contributed by atoms with E-state index in [4.69, 9.17) is 14.7 Å². The number of nitrogens with zero attached hydrogens (tertiary/aromatic N) is 3. The van der Waals surface area contributed by atoms with Crippen LogP contribution in [0, 0.1) is 5.92 Å². The summed E-state index contributed by atoms with van der Waals surface area (Å²) in [4.78, 5) is 2.76. The van der Waals surface area contributed by atoms with Gasteiger partial charge in [-0.3, -0.25) is 0 Å². The van der Waals surface area contributed by atoms with Gasteiger partial charge in [0.15, 0.2) is 14.6 Å². The lowest BCUT2D eigenvalue weighted by Gasteiger charge is -2.48. The second-order valence-corrected chi connectivity index (χ2v) is 11.9. The highest BCUT2D eigenvalue weighted by Gasteiger charge is 2.50. The van der Waals surface area contributed by atoms with Gasteiger partial charge < -0.3 is 19.4 Å². The number of ether oxygens (including phenoxy) is 1. The first-order valence-electron chi connectivity index (χ1n) is 7.69. The molecule has 1 heterocycles. The third kappa shape index (κ3) is 3.64. The summed E-state index contributed by atoms with van der Waals surface area (Å²) < 4.78 is 11.9. The third-order valence-electron chi connectivity index (χ3n) is 5.40.